The highest BCUT2D eigenvalue weighted by molar-refractivity contribution is 7.99. The molecule has 5 rings (SSSR count). The van der Waals surface area contributed by atoms with E-state index in [1.54, 1.807) is 17.2 Å². The van der Waals surface area contributed by atoms with Crippen LogP contribution in [0.3, 0.4) is 0 Å². The summed E-state index contributed by atoms with van der Waals surface area (Å²) in [6.07, 6.45) is 0.711. The number of hydroxylamine groups is 1. The second-order valence-corrected chi connectivity index (χ2v) is 12.1. The first-order valence-electron chi connectivity index (χ1n) is 15.1. The summed E-state index contributed by atoms with van der Waals surface area (Å²) in [7, 11) is 0. The molecule has 0 bridgehead atoms. The van der Waals surface area contributed by atoms with Gasteiger partial charge in [0.25, 0.3) is 0 Å². The maximum Gasteiger partial charge on any atom is 0.243 e. The predicted octanol–water partition coefficient (Wildman–Crippen LogP) is 6.48. The summed E-state index contributed by atoms with van der Waals surface area (Å²) in [5, 5.41) is 20.9. The number of thioether (sulfide) groups is 1. The second-order valence-electron chi connectivity index (χ2n) is 11.0. The average Bonchev–Trinajstić information content (AvgIpc) is 3.10. The Morgan fingerprint density at radius 2 is 1.51 bits per heavy atom. The Labute approximate surface area is 267 Å². The Kier molecular flexibility index (Phi) is 11.8. The van der Waals surface area contributed by atoms with E-state index in [4.69, 9.17) is 14.7 Å². The van der Waals surface area contributed by atoms with Gasteiger partial charge in [-0.25, -0.2) is 5.48 Å². The smallest absolute Gasteiger partial charge is 0.243 e. The van der Waals surface area contributed by atoms with Crippen molar-refractivity contribution in [2.24, 2.45) is 0 Å². The molecule has 1 saturated heterocycles. The molecule has 0 radical (unpaired) electrons. The molecule has 45 heavy (non-hydrogen) atoms. The summed E-state index contributed by atoms with van der Waals surface area (Å²) >= 11 is 1.77. The van der Waals surface area contributed by atoms with Crippen LogP contribution in [0.5, 0.6) is 0 Å². The lowest BCUT2D eigenvalue weighted by Crippen LogP contribution is -2.31. The lowest BCUT2D eigenvalue weighted by Gasteiger charge is -2.36. The minimum Gasteiger partial charge on any atom is -0.392 e. The number of aliphatic hydroxyl groups excluding tert-OH is 1. The molecule has 4 aromatic carbocycles. The number of carbonyl (C=O) groups excluding carboxylic acids is 2. The molecule has 0 aromatic heterocycles. The van der Waals surface area contributed by atoms with E-state index < -0.39 is 12.2 Å². The number of benzene rings is 4. The van der Waals surface area contributed by atoms with Gasteiger partial charge < -0.3 is 19.9 Å². The van der Waals surface area contributed by atoms with Crippen LogP contribution in [0.2, 0.25) is 0 Å². The maximum absolute atomic E-state index is 12.2. The van der Waals surface area contributed by atoms with Gasteiger partial charge in [-0.05, 0) is 52.4 Å². The third-order valence-electron chi connectivity index (χ3n) is 7.66. The number of nitrogens with one attached hydrogen (secondary N) is 2. The van der Waals surface area contributed by atoms with Crippen molar-refractivity contribution in [3.63, 3.8) is 0 Å². The molecule has 4 N–H and O–H groups in total. The van der Waals surface area contributed by atoms with E-state index in [0.717, 1.165) is 45.6 Å². The van der Waals surface area contributed by atoms with Crippen molar-refractivity contribution in [2.45, 2.75) is 62.2 Å². The van der Waals surface area contributed by atoms with Crippen molar-refractivity contribution in [2.75, 3.05) is 5.75 Å². The number of hydrogen-bond donors (Lipinski definition) is 4. The Hall–Kier alpha value is -3.99. The lowest BCUT2D eigenvalue weighted by atomic mass is 9.99. The van der Waals surface area contributed by atoms with Crippen molar-refractivity contribution < 1.29 is 29.4 Å². The SMILES string of the molecule is O=C(CCCC(=O)NCc1cccc(-c2ccc([C@H]3O[C@@H](CSc4ccccc4)C[C@@H](c4ccc(CO)cc4)O3)cc2)c1)NO. The Bertz CT molecular complexity index is 1530. The molecule has 2 amide bonds. The van der Waals surface area contributed by atoms with E-state index in [0.29, 0.717) is 13.0 Å². The first-order valence-corrected chi connectivity index (χ1v) is 16.1. The minimum atomic E-state index is -0.526. The summed E-state index contributed by atoms with van der Waals surface area (Å²) in [5.74, 6) is 0.151. The van der Waals surface area contributed by atoms with Gasteiger partial charge in [0, 0.05) is 42.0 Å². The van der Waals surface area contributed by atoms with Crippen molar-refractivity contribution in [3.8, 4) is 11.1 Å². The Morgan fingerprint density at radius 1 is 0.778 bits per heavy atom. The molecule has 0 spiro atoms. The van der Waals surface area contributed by atoms with Gasteiger partial charge in [-0.3, -0.25) is 14.8 Å². The van der Waals surface area contributed by atoms with Crippen LogP contribution in [0.25, 0.3) is 11.1 Å². The van der Waals surface area contributed by atoms with Crippen LogP contribution in [-0.4, -0.2) is 34.0 Å². The van der Waals surface area contributed by atoms with E-state index in [2.05, 4.69) is 29.6 Å². The summed E-state index contributed by atoms with van der Waals surface area (Å²) in [6.45, 7) is 0.384. The van der Waals surface area contributed by atoms with Gasteiger partial charge in [0.15, 0.2) is 6.29 Å². The highest BCUT2D eigenvalue weighted by Gasteiger charge is 2.32. The molecule has 1 aliphatic rings. The first-order chi connectivity index (χ1) is 22.0. The molecular formula is C36H38N2O6S. The van der Waals surface area contributed by atoms with E-state index >= 15 is 0 Å². The third kappa shape index (κ3) is 9.50. The molecule has 1 heterocycles. The quantitative estimate of drug-likeness (QED) is 0.0763. The molecule has 4 aromatic rings. The van der Waals surface area contributed by atoms with Gasteiger partial charge >= 0.3 is 0 Å². The van der Waals surface area contributed by atoms with Gasteiger partial charge in [0.2, 0.25) is 11.8 Å². The molecule has 9 heteroatoms. The minimum absolute atomic E-state index is 0.00512. The maximum atomic E-state index is 12.2. The zero-order valence-corrected chi connectivity index (χ0v) is 25.7. The highest BCUT2D eigenvalue weighted by atomic mass is 32.2. The summed E-state index contributed by atoms with van der Waals surface area (Å²) in [6, 6.07) is 34.4. The summed E-state index contributed by atoms with van der Waals surface area (Å²) in [4.78, 5) is 24.5. The fourth-order valence-electron chi connectivity index (χ4n) is 5.18. The second kappa shape index (κ2) is 16.4. The molecular weight excluding hydrogens is 588 g/mol. The zero-order chi connectivity index (χ0) is 31.4. The number of rotatable bonds is 13. The summed E-state index contributed by atoms with van der Waals surface area (Å²) in [5.41, 5.74) is 7.46. The molecule has 0 aliphatic carbocycles. The first kappa shape index (κ1) is 32.4. The van der Waals surface area contributed by atoms with Crippen molar-refractivity contribution >= 4 is 23.6 Å². The van der Waals surface area contributed by atoms with Crippen molar-refractivity contribution in [1.82, 2.24) is 10.8 Å². The fraction of sp³-hybridized carbons (Fsp3) is 0.278. The molecule has 234 valence electrons. The number of hydrogen-bond acceptors (Lipinski definition) is 7. The van der Waals surface area contributed by atoms with Gasteiger partial charge in [0.05, 0.1) is 18.8 Å². The highest BCUT2D eigenvalue weighted by Crippen LogP contribution is 2.40. The molecule has 0 saturated carbocycles. The van der Waals surface area contributed by atoms with E-state index in [1.807, 2.05) is 78.9 Å². The van der Waals surface area contributed by atoms with Crippen LogP contribution in [0.4, 0.5) is 0 Å². The number of carbonyl (C=O) groups is 2. The van der Waals surface area contributed by atoms with Gasteiger partial charge in [-0.15, -0.1) is 11.8 Å². The van der Waals surface area contributed by atoms with Crippen LogP contribution in [0.1, 0.15) is 60.3 Å². The van der Waals surface area contributed by atoms with Crippen molar-refractivity contribution in [1.29, 1.82) is 0 Å². The molecule has 1 aliphatic heterocycles. The Morgan fingerprint density at radius 3 is 2.24 bits per heavy atom. The third-order valence-corrected chi connectivity index (χ3v) is 8.80. The van der Waals surface area contributed by atoms with Crippen LogP contribution in [-0.2, 0) is 32.2 Å². The van der Waals surface area contributed by atoms with Crippen molar-refractivity contribution in [3.05, 3.63) is 125 Å². The molecule has 3 atom stereocenters. The monoisotopic (exact) mass is 626 g/mol. The van der Waals surface area contributed by atoms with Gasteiger partial charge in [-0.2, -0.15) is 0 Å². The van der Waals surface area contributed by atoms with Gasteiger partial charge in [0.1, 0.15) is 0 Å². The van der Waals surface area contributed by atoms with E-state index in [9.17, 15) is 14.7 Å². The van der Waals surface area contributed by atoms with Gasteiger partial charge in [-0.1, -0.05) is 84.9 Å². The Balaban J connectivity index is 1.24. The van der Waals surface area contributed by atoms with E-state index in [1.165, 1.54) is 4.90 Å². The van der Waals surface area contributed by atoms with Crippen LogP contribution in [0, 0.1) is 0 Å². The zero-order valence-electron chi connectivity index (χ0n) is 24.9. The molecule has 1 fully saturated rings. The van der Waals surface area contributed by atoms with Crippen LogP contribution < -0.4 is 10.8 Å². The lowest BCUT2D eigenvalue weighted by molar-refractivity contribution is -0.245. The largest absolute Gasteiger partial charge is 0.392 e. The van der Waals surface area contributed by atoms with E-state index in [-0.39, 0.29) is 37.6 Å². The average molecular weight is 627 g/mol. The fourth-order valence-corrected chi connectivity index (χ4v) is 6.12. The number of ether oxygens (including phenoxy) is 2. The van der Waals surface area contributed by atoms with Crippen LogP contribution >= 0.6 is 11.8 Å². The molecule has 0 unspecified atom stereocenters. The summed E-state index contributed by atoms with van der Waals surface area (Å²) < 4.78 is 13.0. The number of amides is 2. The number of aliphatic hydroxyl groups is 1. The standard InChI is InChI=1S/C36H38N2O6S/c39-23-25-12-14-28(15-13-25)33-21-31(24-45-32-8-2-1-3-9-32)43-36(44-33)29-18-16-27(17-19-29)30-7-4-6-26(20-30)22-37-34(40)10-5-11-35(41)38-42/h1-4,6-9,12-20,31,33,36,39,42H,5,10-11,21-24H2,(H,37,40)(H,38,41)/t31-,33+,36+/m1/s1. The predicted molar refractivity (Wildman–Crippen MR) is 173 cm³/mol. The molecule has 8 nitrogen and oxygen atoms in total. The normalized spacial score (nSPS) is 17.9. The topological polar surface area (TPSA) is 117 Å². The van der Waals surface area contributed by atoms with Crippen LogP contribution in [0.15, 0.2) is 108 Å².